The van der Waals surface area contributed by atoms with Crippen LogP contribution in [0.5, 0.6) is 0 Å². The van der Waals surface area contributed by atoms with E-state index in [1.807, 2.05) is 6.07 Å². The van der Waals surface area contributed by atoms with Crippen LogP contribution in [0.1, 0.15) is 11.7 Å². The van der Waals surface area contributed by atoms with E-state index in [0.717, 1.165) is 0 Å². The molecular formula is C11H15N7O2S. The van der Waals surface area contributed by atoms with E-state index in [1.165, 1.54) is 6.07 Å². The first kappa shape index (κ1) is 14.1. The molecule has 1 fully saturated rings. The second kappa shape index (κ2) is 5.18. The molecule has 0 amide bonds. The number of aromatic nitrogens is 2. The van der Waals surface area contributed by atoms with E-state index in [9.17, 15) is 8.42 Å². The first-order valence-electron chi connectivity index (χ1n) is 6.13. The number of sulfonamides is 1. The Labute approximate surface area is 121 Å². The Balaban J connectivity index is 2.24. The van der Waals surface area contributed by atoms with Crippen LogP contribution in [-0.4, -0.2) is 18.2 Å². The molecule has 9 nitrogen and oxygen atoms in total. The highest BCUT2D eigenvalue weighted by Crippen LogP contribution is 2.31. The van der Waals surface area contributed by atoms with Crippen LogP contribution in [-0.2, 0) is 17.1 Å². The smallest absolute Gasteiger partial charge is 0.238 e. The average molecular weight is 309 g/mol. The molecule has 1 saturated heterocycles. The molecule has 10 heteroatoms. The van der Waals surface area contributed by atoms with Crippen LogP contribution in [0.25, 0.3) is 11.3 Å². The molecular weight excluding hydrogens is 294 g/mol. The predicted molar refractivity (Wildman–Crippen MR) is 75.3 cm³/mol. The van der Waals surface area contributed by atoms with Crippen molar-refractivity contribution in [2.45, 2.75) is 11.1 Å². The minimum atomic E-state index is -3.86. The molecule has 2 heterocycles. The van der Waals surface area contributed by atoms with Crippen molar-refractivity contribution in [3.63, 3.8) is 0 Å². The average Bonchev–Trinajstić information content (AvgIpc) is 3.07. The molecule has 21 heavy (non-hydrogen) atoms. The lowest BCUT2D eigenvalue weighted by Crippen LogP contribution is -2.33. The molecule has 6 N–H and O–H groups in total. The first-order valence-corrected chi connectivity index (χ1v) is 7.68. The zero-order valence-corrected chi connectivity index (χ0v) is 12.0. The summed E-state index contributed by atoms with van der Waals surface area (Å²) in [5, 5.41) is 9.65. The maximum atomic E-state index is 11.9. The zero-order valence-electron chi connectivity index (χ0n) is 11.2. The summed E-state index contributed by atoms with van der Waals surface area (Å²) in [6.07, 6.45) is 1.31. The van der Waals surface area contributed by atoms with Crippen molar-refractivity contribution in [1.82, 2.24) is 31.7 Å². The van der Waals surface area contributed by atoms with Crippen molar-refractivity contribution in [1.29, 1.82) is 0 Å². The van der Waals surface area contributed by atoms with E-state index >= 15 is 0 Å². The Morgan fingerprint density at radius 2 is 1.95 bits per heavy atom. The number of aryl methyl sites for hydroxylation is 1. The Bertz CT molecular complexity index is 765. The van der Waals surface area contributed by atoms with Gasteiger partial charge in [0.2, 0.25) is 10.0 Å². The zero-order chi connectivity index (χ0) is 15.0. The molecule has 1 aromatic heterocycles. The second-order valence-electron chi connectivity index (χ2n) is 4.61. The van der Waals surface area contributed by atoms with E-state index < -0.39 is 16.2 Å². The molecule has 1 aromatic carbocycles. The third kappa shape index (κ3) is 2.68. The van der Waals surface area contributed by atoms with Crippen molar-refractivity contribution in [3.8, 4) is 11.3 Å². The van der Waals surface area contributed by atoms with E-state index in [0.29, 0.717) is 16.8 Å². The van der Waals surface area contributed by atoms with Crippen molar-refractivity contribution >= 4 is 10.0 Å². The fraction of sp³-hybridized carbons (Fsp3) is 0.182. The monoisotopic (exact) mass is 309 g/mol. The molecule has 0 atom stereocenters. The minimum absolute atomic E-state index is 0.0427. The number of primary sulfonamides is 1. The van der Waals surface area contributed by atoms with Gasteiger partial charge in [-0.15, -0.1) is 0 Å². The van der Waals surface area contributed by atoms with Gasteiger partial charge in [-0.25, -0.2) is 24.4 Å². The molecule has 1 aliphatic heterocycles. The van der Waals surface area contributed by atoms with Gasteiger partial charge in [0.05, 0.1) is 10.6 Å². The Morgan fingerprint density at radius 1 is 1.24 bits per heavy atom. The SMILES string of the molecule is Cn1ccc(-c2cccc(S(N)(=O)=O)c2C2NNNN2)n1. The predicted octanol–water partition coefficient (Wildman–Crippen LogP) is -1.15. The van der Waals surface area contributed by atoms with E-state index in [2.05, 4.69) is 27.0 Å². The highest BCUT2D eigenvalue weighted by atomic mass is 32.2. The normalized spacial score (nSPS) is 16.5. The Morgan fingerprint density at radius 3 is 2.52 bits per heavy atom. The fourth-order valence-corrected chi connectivity index (χ4v) is 3.07. The number of hydrogen-bond acceptors (Lipinski definition) is 7. The molecule has 3 rings (SSSR count). The van der Waals surface area contributed by atoms with Gasteiger partial charge in [-0.05, 0) is 12.1 Å². The highest BCUT2D eigenvalue weighted by Gasteiger charge is 2.27. The topological polar surface area (TPSA) is 126 Å². The number of nitrogens with one attached hydrogen (secondary N) is 4. The van der Waals surface area contributed by atoms with Crippen LogP contribution < -0.4 is 27.1 Å². The second-order valence-corrected chi connectivity index (χ2v) is 6.14. The van der Waals surface area contributed by atoms with Crippen molar-refractivity contribution in [2.24, 2.45) is 12.2 Å². The van der Waals surface area contributed by atoms with Gasteiger partial charge in [0, 0.05) is 24.4 Å². The van der Waals surface area contributed by atoms with Crippen LogP contribution in [0, 0.1) is 0 Å². The number of nitrogens with zero attached hydrogens (tertiary/aromatic N) is 2. The summed E-state index contributed by atoms with van der Waals surface area (Å²) in [6, 6.07) is 6.72. The molecule has 112 valence electrons. The highest BCUT2D eigenvalue weighted by molar-refractivity contribution is 7.89. The number of hydrazine groups is 3. The maximum Gasteiger partial charge on any atom is 0.238 e. The lowest BCUT2D eigenvalue weighted by atomic mass is 10.0. The quantitative estimate of drug-likeness (QED) is 0.484. The molecule has 0 bridgehead atoms. The maximum absolute atomic E-state index is 11.9. The molecule has 0 saturated carbocycles. The third-order valence-electron chi connectivity index (χ3n) is 3.15. The first-order chi connectivity index (χ1) is 9.97. The number of benzene rings is 1. The standard InChI is InChI=1S/C11H15N7O2S/c1-18-6-5-8(15-18)7-3-2-4-9(21(12,19)20)10(7)11-13-16-17-14-11/h2-6,11,13-14,16-17H,1H3,(H2,12,19,20). The van der Waals surface area contributed by atoms with Crippen LogP contribution in [0.2, 0.25) is 0 Å². The molecule has 0 unspecified atom stereocenters. The van der Waals surface area contributed by atoms with Crippen LogP contribution in [0.4, 0.5) is 0 Å². The summed E-state index contributed by atoms with van der Waals surface area (Å²) in [5.74, 6) is 0. The molecule has 0 radical (unpaired) electrons. The lowest BCUT2D eigenvalue weighted by Gasteiger charge is -2.17. The molecule has 0 spiro atoms. The van der Waals surface area contributed by atoms with Crippen molar-refractivity contribution < 1.29 is 8.42 Å². The van der Waals surface area contributed by atoms with E-state index in [4.69, 9.17) is 5.14 Å². The van der Waals surface area contributed by atoms with Crippen LogP contribution in [0.3, 0.4) is 0 Å². The summed E-state index contributed by atoms with van der Waals surface area (Å²) >= 11 is 0. The summed E-state index contributed by atoms with van der Waals surface area (Å²) < 4.78 is 25.4. The van der Waals surface area contributed by atoms with Gasteiger partial charge in [-0.2, -0.15) is 16.2 Å². The molecule has 2 aromatic rings. The summed E-state index contributed by atoms with van der Waals surface area (Å²) in [5.41, 5.74) is 12.9. The van der Waals surface area contributed by atoms with Gasteiger partial charge < -0.3 is 0 Å². The summed E-state index contributed by atoms with van der Waals surface area (Å²) in [4.78, 5) is 0.0427. The van der Waals surface area contributed by atoms with Gasteiger partial charge in [0.25, 0.3) is 0 Å². The summed E-state index contributed by atoms with van der Waals surface area (Å²) in [7, 11) is -2.07. The van der Waals surface area contributed by atoms with E-state index in [1.54, 1.807) is 30.1 Å². The van der Waals surface area contributed by atoms with Gasteiger partial charge in [0.15, 0.2) is 0 Å². The van der Waals surface area contributed by atoms with E-state index in [-0.39, 0.29) is 4.90 Å². The Hall–Kier alpha value is -1.82. The third-order valence-corrected chi connectivity index (χ3v) is 4.12. The van der Waals surface area contributed by atoms with Gasteiger partial charge in [-0.1, -0.05) is 12.1 Å². The minimum Gasteiger partial charge on any atom is -0.275 e. The van der Waals surface area contributed by atoms with Gasteiger partial charge in [0.1, 0.15) is 6.17 Å². The number of rotatable bonds is 3. The van der Waals surface area contributed by atoms with Crippen LogP contribution in [0.15, 0.2) is 35.4 Å². The largest absolute Gasteiger partial charge is 0.275 e. The van der Waals surface area contributed by atoms with Gasteiger partial charge >= 0.3 is 0 Å². The summed E-state index contributed by atoms with van der Waals surface area (Å²) in [6.45, 7) is 0. The van der Waals surface area contributed by atoms with Crippen LogP contribution >= 0.6 is 0 Å². The van der Waals surface area contributed by atoms with Crippen molar-refractivity contribution in [2.75, 3.05) is 0 Å². The van der Waals surface area contributed by atoms with Crippen molar-refractivity contribution in [3.05, 3.63) is 36.0 Å². The number of hydrogen-bond donors (Lipinski definition) is 5. The molecule has 0 aliphatic carbocycles. The lowest BCUT2D eigenvalue weighted by molar-refractivity contribution is 0.540. The number of nitrogens with two attached hydrogens (primary N) is 1. The van der Waals surface area contributed by atoms with Gasteiger partial charge in [-0.3, -0.25) is 4.68 Å². The molecule has 1 aliphatic rings. The Kier molecular flexibility index (Phi) is 3.49. The fourth-order valence-electron chi connectivity index (χ4n) is 2.27.